The van der Waals surface area contributed by atoms with Crippen molar-refractivity contribution < 1.29 is 4.79 Å². The number of benzene rings is 1. The summed E-state index contributed by atoms with van der Waals surface area (Å²) in [5.74, 6) is 0.831. The highest BCUT2D eigenvalue weighted by Crippen LogP contribution is 2.22. The van der Waals surface area contributed by atoms with Crippen LogP contribution in [0.4, 0.5) is 11.6 Å². The highest BCUT2D eigenvalue weighted by molar-refractivity contribution is 5.84. The monoisotopic (exact) mass is 380 g/mol. The zero-order valence-corrected chi connectivity index (χ0v) is 16.0. The highest BCUT2D eigenvalue weighted by atomic mass is 16.3. The van der Waals surface area contributed by atoms with E-state index in [1.807, 2.05) is 4.90 Å². The lowest BCUT2D eigenvalue weighted by molar-refractivity contribution is -0.132. The van der Waals surface area contributed by atoms with E-state index in [2.05, 4.69) is 56.1 Å². The Morgan fingerprint density at radius 2 is 1.71 bits per heavy atom. The molecule has 0 saturated carbocycles. The Bertz CT molecular complexity index is 831. The second-order valence-corrected chi connectivity index (χ2v) is 7.41. The van der Waals surface area contributed by atoms with Crippen molar-refractivity contribution in [3.8, 4) is 0 Å². The molecule has 4 rings (SSSR count). The third kappa shape index (κ3) is 3.87. The van der Waals surface area contributed by atoms with Crippen LogP contribution in [0.25, 0.3) is 0 Å². The molecule has 0 spiro atoms. The maximum atomic E-state index is 12.9. The fourth-order valence-corrected chi connectivity index (χ4v) is 3.89. The minimum atomic E-state index is -0.0323. The molecule has 146 valence electrons. The number of nitrogens with zero attached hydrogens (tertiary/aromatic N) is 6. The average molecular weight is 380 g/mol. The van der Waals surface area contributed by atoms with Crippen molar-refractivity contribution >= 4 is 17.5 Å². The molecule has 1 aromatic heterocycles. The molecule has 2 aromatic rings. The summed E-state index contributed by atoms with van der Waals surface area (Å²) in [7, 11) is 0. The van der Waals surface area contributed by atoms with Gasteiger partial charge in [-0.25, -0.2) is 9.97 Å². The molecule has 8 heteroatoms. The van der Waals surface area contributed by atoms with E-state index < -0.39 is 0 Å². The number of anilines is 1. The van der Waals surface area contributed by atoms with Crippen LogP contribution in [0.1, 0.15) is 17.5 Å². The number of rotatable bonds is 5. The molecule has 8 nitrogen and oxygen atoms in total. The Morgan fingerprint density at radius 3 is 2.36 bits per heavy atom. The third-order valence-electron chi connectivity index (χ3n) is 5.53. The average Bonchev–Trinajstić information content (AvgIpc) is 3.10. The summed E-state index contributed by atoms with van der Waals surface area (Å²) in [6.45, 7) is 6.67. The minimum Gasteiger partial charge on any atom is -0.338 e. The zero-order valence-electron chi connectivity index (χ0n) is 16.0. The number of amides is 1. The molecule has 1 amide bonds. The summed E-state index contributed by atoms with van der Waals surface area (Å²) in [4.78, 5) is 38.1. The molecule has 0 bridgehead atoms. The van der Waals surface area contributed by atoms with E-state index in [9.17, 15) is 9.70 Å². The quantitative estimate of drug-likeness (QED) is 0.739. The fourth-order valence-electron chi connectivity index (χ4n) is 3.89. The molecule has 2 fully saturated rings. The Labute approximate surface area is 164 Å². The largest absolute Gasteiger partial charge is 0.338 e. The maximum absolute atomic E-state index is 12.9. The van der Waals surface area contributed by atoms with Gasteiger partial charge in [0.25, 0.3) is 0 Å². The molecule has 3 heterocycles. The van der Waals surface area contributed by atoms with Crippen LogP contribution in [0.15, 0.2) is 41.8 Å². The lowest BCUT2D eigenvalue weighted by Gasteiger charge is -2.37. The number of aromatic nitrogens is 2. The van der Waals surface area contributed by atoms with Gasteiger partial charge in [-0.2, -0.15) is 0 Å². The molecule has 2 aliphatic rings. The molecule has 1 unspecified atom stereocenters. The Balaban J connectivity index is 1.32. The van der Waals surface area contributed by atoms with E-state index in [-0.39, 0.29) is 17.6 Å². The van der Waals surface area contributed by atoms with Crippen LogP contribution in [0.3, 0.4) is 0 Å². The van der Waals surface area contributed by atoms with Crippen LogP contribution in [0.2, 0.25) is 0 Å². The molecule has 28 heavy (non-hydrogen) atoms. The van der Waals surface area contributed by atoms with Gasteiger partial charge in [-0.15, -0.1) is 4.91 Å². The van der Waals surface area contributed by atoms with Gasteiger partial charge >= 0.3 is 0 Å². The molecule has 0 radical (unpaired) electrons. The van der Waals surface area contributed by atoms with Gasteiger partial charge < -0.3 is 9.80 Å². The van der Waals surface area contributed by atoms with Crippen LogP contribution < -0.4 is 4.90 Å². The van der Waals surface area contributed by atoms with Crippen molar-refractivity contribution in [1.29, 1.82) is 0 Å². The molecular formula is C20H24N6O2. The molecule has 2 aliphatic heterocycles. The molecule has 0 aliphatic carbocycles. The van der Waals surface area contributed by atoms with Crippen molar-refractivity contribution in [2.75, 3.05) is 37.6 Å². The van der Waals surface area contributed by atoms with Crippen molar-refractivity contribution in [3.05, 3.63) is 52.7 Å². The number of piperazine rings is 1. The van der Waals surface area contributed by atoms with Crippen molar-refractivity contribution in [1.82, 2.24) is 19.8 Å². The second-order valence-electron chi connectivity index (χ2n) is 7.41. The first-order chi connectivity index (χ1) is 13.6. The van der Waals surface area contributed by atoms with Crippen LogP contribution in [-0.2, 0) is 11.3 Å². The fraction of sp³-hybridized carbons (Fsp3) is 0.450. The van der Waals surface area contributed by atoms with Gasteiger partial charge in [0.15, 0.2) is 0 Å². The Hall–Kier alpha value is -2.87. The number of carbonyl (C=O) groups excluding carboxylic acids is 1. The van der Waals surface area contributed by atoms with Gasteiger partial charge in [-0.1, -0.05) is 29.8 Å². The molecule has 1 aromatic carbocycles. The van der Waals surface area contributed by atoms with Gasteiger partial charge in [-0.05, 0) is 24.1 Å². The standard InChI is InChI=1S/C20H24N6O2/c1-15-2-4-16(5-3-15)14-26-7-6-18(19(26)27)24-8-10-25(11-9-24)20-21-12-17(23-28)13-22-20/h2-5,12-13,18H,6-11,14H2,1H3. The summed E-state index contributed by atoms with van der Waals surface area (Å²) in [5, 5.41) is 2.83. The Morgan fingerprint density at radius 1 is 1.04 bits per heavy atom. The van der Waals surface area contributed by atoms with E-state index in [0.29, 0.717) is 12.5 Å². The van der Waals surface area contributed by atoms with Crippen LogP contribution >= 0.6 is 0 Å². The Kier molecular flexibility index (Phi) is 5.29. The van der Waals surface area contributed by atoms with E-state index in [0.717, 1.165) is 39.1 Å². The van der Waals surface area contributed by atoms with Crippen molar-refractivity contribution in [2.45, 2.75) is 25.9 Å². The van der Waals surface area contributed by atoms with Crippen LogP contribution in [0, 0.1) is 11.8 Å². The number of likely N-dealkylation sites (tertiary alicyclic amines) is 1. The summed E-state index contributed by atoms with van der Waals surface area (Å²) in [5.41, 5.74) is 2.63. The first-order valence-corrected chi connectivity index (χ1v) is 9.63. The first kappa shape index (κ1) is 18.5. The minimum absolute atomic E-state index is 0.0323. The zero-order chi connectivity index (χ0) is 19.5. The van der Waals surface area contributed by atoms with Gasteiger partial charge in [0.05, 0.1) is 18.4 Å². The van der Waals surface area contributed by atoms with E-state index in [1.54, 1.807) is 0 Å². The van der Waals surface area contributed by atoms with Gasteiger partial charge in [0.1, 0.15) is 5.69 Å². The maximum Gasteiger partial charge on any atom is 0.240 e. The summed E-state index contributed by atoms with van der Waals surface area (Å²) < 4.78 is 0. The summed E-state index contributed by atoms with van der Waals surface area (Å²) >= 11 is 0. The van der Waals surface area contributed by atoms with Gasteiger partial charge in [-0.3, -0.25) is 9.69 Å². The lowest BCUT2D eigenvalue weighted by atomic mass is 10.1. The number of hydrogen-bond donors (Lipinski definition) is 0. The van der Waals surface area contributed by atoms with Crippen molar-refractivity contribution in [3.63, 3.8) is 0 Å². The van der Waals surface area contributed by atoms with E-state index >= 15 is 0 Å². The molecule has 0 N–H and O–H groups in total. The first-order valence-electron chi connectivity index (χ1n) is 9.63. The number of nitroso groups, excluding NO2 is 1. The molecular weight excluding hydrogens is 356 g/mol. The number of aryl methyl sites for hydroxylation is 1. The molecule has 1 atom stereocenters. The van der Waals surface area contributed by atoms with Gasteiger partial charge in [0.2, 0.25) is 11.9 Å². The van der Waals surface area contributed by atoms with Crippen LogP contribution in [-0.4, -0.2) is 64.4 Å². The third-order valence-corrected chi connectivity index (χ3v) is 5.53. The highest BCUT2D eigenvalue weighted by Gasteiger charge is 2.37. The number of carbonyl (C=O) groups is 1. The SMILES string of the molecule is Cc1ccc(CN2CCC(N3CCN(c4ncc(N=O)cn4)CC3)C2=O)cc1. The summed E-state index contributed by atoms with van der Waals surface area (Å²) in [6, 6.07) is 8.34. The van der Waals surface area contributed by atoms with E-state index in [1.165, 1.54) is 23.5 Å². The topological polar surface area (TPSA) is 82.0 Å². The lowest BCUT2D eigenvalue weighted by Crippen LogP contribution is -2.52. The van der Waals surface area contributed by atoms with Gasteiger partial charge in [0, 0.05) is 39.3 Å². The second kappa shape index (κ2) is 8.02. The van der Waals surface area contributed by atoms with Crippen molar-refractivity contribution in [2.24, 2.45) is 5.18 Å². The van der Waals surface area contributed by atoms with E-state index in [4.69, 9.17) is 0 Å². The smallest absolute Gasteiger partial charge is 0.240 e. The predicted octanol–water partition coefficient (Wildman–Crippen LogP) is 2.11. The summed E-state index contributed by atoms with van der Waals surface area (Å²) in [6.07, 6.45) is 3.75. The normalized spacial score (nSPS) is 20.6. The predicted molar refractivity (Wildman–Crippen MR) is 106 cm³/mol. The van der Waals surface area contributed by atoms with Crippen LogP contribution in [0.5, 0.6) is 0 Å². The number of hydrogen-bond acceptors (Lipinski definition) is 7. The molecule has 2 saturated heterocycles.